The maximum Gasteiger partial charge on any atom is 0.259 e. The van der Waals surface area contributed by atoms with Crippen LogP contribution in [0.15, 0.2) is 6.20 Å². The van der Waals surface area contributed by atoms with Gasteiger partial charge in [-0.15, -0.1) is 11.3 Å². The summed E-state index contributed by atoms with van der Waals surface area (Å²) < 4.78 is 23.4. The fraction of sp³-hybridized carbons (Fsp3) is 0.500. The first-order chi connectivity index (χ1) is 7.26. The van der Waals surface area contributed by atoms with Crippen molar-refractivity contribution < 1.29 is 13.2 Å². The zero-order valence-electron chi connectivity index (χ0n) is 8.60. The van der Waals surface area contributed by atoms with E-state index >= 15 is 0 Å². The molecule has 0 aliphatic carbocycles. The number of hydrogen-bond acceptors (Lipinski definition) is 5. The van der Waals surface area contributed by atoms with Gasteiger partial charge in [0.1, 0.15) is 0 Å². The Bertz CT molecular complexity index is 549. The Balaban J connectivity index is 2.23. The van der Waals surface area contributed by atoms with Crippen molar-refractivity contribution in [2.45, 2.75) is 25.1 Å². The third-order valence-electron chi connectivity index (χ3n) is 2.50. The minimum Gasteiger partial charge on any atom is -0.272 e. The average Bonchev–Trinajstić information content (AvgIpc) is 2.59. The zero-order valence-corrected chi connectivity index (χ0v) is 11.0. The second-order valence-corrected chi connectivity index (χ2v) is 8.02. The Morgan fingerprint density at radius 3 is 2.62 bits per heavy atom. The number of rotatable bonds is 2. The van der Waals surface area contributed by atoms with E-state index in [1.54, 1.807) is 0 Å². The number of carbonyl (C=O) groups is 1. The fourth-order valence-corrected chi connectivity index (χ4v) is 3.97. The third-order valence-corrected chi connectivity index (χ3v) is 5.94. The molecule has 16 heavy (non-hydrogen) atoms. The quantitative estimate of drug-likeness (QED) is 0.818. The molecule has 0 bridgehead atoms. The Hall–Kier alpha value is -0.660. The molecule has 1 saturated heterocycles. The summed E-state index contributed by atoms with van der Waals surface area (Å²) in [6, 6.07) is 0. The molecule has 0 N–H and O–H groups in total. The number of sulfonamides is 1. The van der Waals surface area contributed by atoms with Crippen LogP contribution in [0.25, 0.3) is 0 Å². The number of hydrogen-bond donors (Lipinski definition) is 0. The standard InChI is InChI=1S/C8H9ClN2O3S2/c1-8(2)6(12)11(16(8,13)14)4-5-3-10-7(9)15-5/h3H,4H2,1-2H3. The van der Waals surface area contributed by atoms with E-state index in [1.165, 1.54) is 20.0 Å². The summed E-state index contributed by atoms with van der Waals surface area (Å²) in [6.45, 7) is 2.83. The van der Waals surface area contributed by atoms with Gasteiger partial charge in [-0.1, -0.05) is 11.6 Å². The lowest BCUT2D eigenvalue weighted by Gasteiger charge is -2.42. The van der Waals surface area contributed by atoms with Gasteiger partial charge >= 0.3 is 0 Å². The number of halogens is 1. The molecule has 1 amide bonds. The smallest absolute Gasteiger partial charge is 0.259 e. The molecule has 0 spiro atoms. The normalized spacial score (nSPS) is 21.9. The zero-order chi connectivity index (χ0) is 12.1. The second kappa shape index (κ2) is 3.41. The molecule has 8 heteroatoms. The number of nitrogens with zero attached hydrogens (tertiary/aromatic N) is 2. The number of aromatic nitrogens is 1. The van der Waals surface area contributed by atoms with Gasteiger partial charge in [0, 0.05) is 11.1 Å². The molecule has 0 aromatic carbocycles. The molecule has 1 aromatic heterocycles. The van der Waals surface area contributed by atoms with Crippen LogP contribution in [0.2, 0.25) is 4.47 Å². The van der Waals surface area contributed by atoms with Gasteiger partial charge in [-0.05, 0) is 13.8 Å². The summed E-state index contributed by atoms with van der Waals surface area (Å²) in [5.41, 5.74) is 0. The predicted molar refractivity (Wildman–Crippen MR) is 60.7 cm³/mol. The Labute approximate surface area is 102 Å². The summed E-state index contributed by atoms with van der Waals surface area (Å²) in [4.78, 5) is 16.0. The van der Waals surface area contributed by atoms with Crippen LogP contribution in [-0.2, 0) is 21.4 Å². The lowest BCUT2D eigenvalue weighted by molar-refractivity contribution is -0.132. The van der Waals surface area contributed by atoms with Crippen molar-refractivity contribution in [3.05, 3.63) is 15.5 Å². The van der Waals surface area contributed by atoms with Gasteiger partial charge < -0.3 is 0 Å². The number of amides is 1. The lowest BCUT2D eigenvalue weighted by Crippen LogP contribution is -2.66. The van der Waals surface area contributed by atoms with Gasteiger partial charge in [-0.25, -0.2) is 17.7 Å². The van der Waals surface area contributed by atoms with Gasteiger partial charge in [-0.3, -0.25) is 4.79 Å². The fourth-order valence-electron chi connectivity index (χ4n) is 1.41. The molecule has 2 rings (SSSR count). The third kappa shape index (κ3) is 1.46. The summed E-state index contributed by atoms with van der Waals surface area (Å²) in [5.74, 6) is -0.392. The van der Waals surface area contributed by atoms with Crippen LogP contribution in [0, 0.1) is 0 Å². The Kier molecular flexibility index (Phi) is 2.52. The molecule has 88 valence electrons. The molecule has 0 unspecified atom stereocenters. The molecular formula is C8H9ClN2O3S2. The molecular weight excluding hydrogens is 272 g/mol. The van der Waals surface area contributed by atoms with Crippen molar-refractivity contribution in [3.63, 3.8) is 0 Å². The molecule has 0 radical (unpaired) electrons. The van der Waals surface area contributed by atoms with E-state index in [2.05, 4.69) is 4.98 Å². The molecule has 2 heterocycles. The van der Waals surface area contributed by atoms with E-state index in [4.69, 9.17) is 11.6 Å². The largest absolute Gasteiger partial charge is 0.272 e. The van der Waals surface area contributed by atoms with E-state index < -0.39 is 20.7 Å². The highest BCUT2D eigenvalue weighted by Gasteiger charge is 2.59. The van der Waals surface area contributed by atoms with E-state index in [1.807, 2.05) is 0 Å². The van der Waals surface area contributed by atoms with Crippen molar-refractivity contribution in [1.29, 1.82) is 0 Å². The SMILES string of the molecule is CC1(C)C(=O)N(Cc2cnc(Cl)s2)S1(=O)=O. The first-order valence-corrected chi connectivity index (χ1v) is 7.07. The highest BCUT2D eigenvalue weighted by molar-refractivity contribution is 7.94. The van der Waals surface area contributed by atoms with Gasteiger partial charge in [0.05, 0.1) is 6.54 Å². The molecule has 1 fully saturated rings. The van der Waals surface area contributed by atoms with E-state index in [9.17, 15) is 13.2 Å². The minimum atomic E-state index is -3.52. The molecule has 5 nitrogen and oxygen atoms in total. The molecule has 0 atom stereocenters. The number of thiazole rings is 1. The van der Waals surface area contributed by atoms with Crippen molar-refractivity contribution in [2.75, 3.05) is 0 Å². The van der Waals surface area contributed by atoms with Crippen LogP contribution in [0.4, 0.5) is 0 Å². The van der Waals surface area contributed by atoms with Gasteiger partial charge in [0.15, 0.2) is 9.21 Å². The maximum absolute atomic E-state index is 11.7. The van der Waals surface area contributed by atoms with Crippen LogP contribution in [0.3, 0.4) is 0 Å². The van der Waals surface area contributed by atoms with E-state index in [-0.39, 0.29) is 6.54 Å². The highest BCUT2D eigenvalue weighted by atomic mass is 35.5. The molecule has 1 aromatic rings. The minimum absolute atomic E-state index is 0.0228. The molecule has 1 aliphatic heterocycles. The Morgan fingerprint density at radius 2 is 2.19 bits per heavy atom. The van der Waals surface area contributed by atoms with Crippen LogP contribution >= 0.6 is 22.9 Å². The van der Waals surface area contributed by atoms with Gasteiger partial charge in [-0.2, -0.15) is 0 Å². The van der Waals surface area contributed by atoms with Crippen LogP contribution < -0.4 is 0 Å². The van der Waals surface area contributed by atoms with Crippen molar-refractivity contribution in [1.82, 2.24) is 9.29 Å². The highest BCUT2D eigenvalue weighted by Crippen LogP contribution is 2.36. The summed E-state index contributed by atoms with van der Waals surface area (Å²) in [7, 11) is -3.52. The van der Waals surface area contributed by atoms with Crippen molar-refractivity contribution in [3.8, 4) is 0 Å². The van der Waals surface area contributed by atoms with Crippen molar-refractivity contribution in [2.24, 2.45) is 0 Å². The predicted octanol–water partition coefficient (Wildman–Crippen LogP) is 1.25. The first-order valence-electron chi connectivity index (χ1n) is 4.44. The lowest BCUT2D eigenvalue weighted by atomic mass is 10.2. The summed E-state index contributed by atoms with van der Waals surface area (Å²) in [5, 5.41) is 0. The molecule has 1 aliphatic rings. The second-order valence-electron chi connectivity index (χ2n) is 3.91. The van der Waals surface area contributed by atoms with Crippen LogP contribution in [-0.4, -0.2) is 28.4 Å². The maximum atomic E-state index is 11.7. The summed E-state index contributed by atoms with van der Waals surface area (Å²) in [6.07, 6.45) is 1.47. The van der Waals surface area contributed by atoms with E-state index in [0.717, 1.165) is 15.6 Å². The monoisotopic (exact) mass is 280 g/mol. The van der Waals surface area contributed by atoms with E-state index in [0.29, 0.717) is 9.34 Å². The van der Waals surface area contributed by atoms with Crippen molar-refractivity contribution >= 4 is 38.9 Å². The summed E-state index contributed by atoms with van der Waals surface area (Å²) >= 11 is 6.79. The van der Waals surface area contributed by atoms with Crippen LogP contribution in [0.5, 0.6) is 0 Å². The van der Waals surface area contributed by atoms with Gasteiger partial charge in [0.2, 0.25) is 0 Å². The Morgan fingerprint density at radius 1 is 1.56 bits per heavy atom. The average molecular weight is 281 g/mol. The topological polar surface area (TPSA) is 67.3 Å². The first kappa shape index (κ1) is 11.8. The number of carbonyl (C=O) groups excluding carboxylic acids is 1. The van der Waals surface area contributed by atoms with Gasteiger partial charge in [0.25, 0.3) is 15.9 Å². The molecule has 0 saturated carbocycles. The van der Waals surface area contributed by atoms with Crippen LogP contribution in [0.1, 0.15) is 18.7 Å².